The Labute approximate surface area is 140 Å². The van der Waals surface area contributed by atoms with Gasteiger partial charge in [-0.05, 0) is 12.1 Å². The highest BCUT2D eigenvalue weighted by Crippen LogP contribution is 2.39. The number of azo groups is 1. The van der Waals surface area contributed by atoms with Crippen molar-refractivity contribution in [2.75, 3.05) is 13.1 Å². The number of aryl methyl sites for hydroxylation is 2. The average Bonchev–Trinajstić information content (AvgIpc) is 3.24. The van der Waals surface area contributed by atoms with Crippen LogP contribution in [0.25, 0.3) is 0 Å². The Hall–Kier alpha value is -3.03. The number of hydrogen-bond donors (Lipinski definition) is 0. The molecule has 7 nitrogen and oxygen atoms in total. The van der Waals surface area contributed by atoms with E-state index in [9.17, 15) is 5.26 Å². The van der Waals surface area contributed by atoms with Crippen LogP contribution >= 0.6 is 0 Å². The van der Waals surface area contributed by atoms with Crippen LogP contribution in [0.3, 0.4) is 0 Å². The minimum atomic E-state index is -0.0479. The first-order valence-electron chi connectivity index (χ1n) is 7.77. The Kier molecular flexibility index (Phi) is 4.11. The number of quaternary nitrogens is 1. The molecule has 120 valence electrons. The first-order chi connectivity index (χ1) is 11.6. The molecule has 0 radical (unpaired) electrons. The maximum atomic E-state index is 9.21. The molecule has 1 aliphatic rings. The summed E-state index contributed by atoms with van der Waals surface area (Å²) in [6.07, 6.45) is 4.29. The van der Waals surface area contributed by atoms with Crippen molar-refractivity contribution in [3.05, 3.63) is 36.7 Å². The summed E-state index contributed by atoms with van der Waals surface area (Å²) >= 11 is 0. The maximum Gasteiger partial charge on any atom is 0.421 e. The fraction of sp³-hybridized carbons (Fsp3) is 0.353. The van der Waals surface area contributed by atoms with Gasteiger partial charge >= 0.3 is 5.95 Å². The van der Waals surface area contributed by atoms with Crippen molar-refractivity contribution in [3.8, 4) is 12.1 Å². The molecule has 1 aromatic heterocycles. The smallest absolute Gasteiger partial charge is 0.265 e. The monoisotopic (exact) mass is 321 g/mol. The molecule has 0 bridgehead atoms. The summed E-state index contributed by atoms with van der Waals surface area (Å²) in [4.78, 5) is 0. The Morgan fingerprint density at radius 2 is 2.04 bits per heavy atom. The highest BCUT2D eigenvalue weighted by atomic mass is 15.5. The van der Waals surface area contributed by atoms with E-state index in [1.807, 2.05) is 59.9 Å². The van der Waals surface area contributed by atoms with Gasteiger partial charge in [-0.1, -0.05) is 5.11 Å². The molecule has 0 saturated carbocycles. The molecule has 2 unspecified atom stereocenters. The number of imidazole rings is 1. The van der Waals surface area contributed by atoms with Crippen molar-refractivity contribution in [2.45, 2.75) is 12.5 Å². The van der Waals surface area contributed by atoms with E-state index in [-0.39, 0.29) is 6.04 Å². The third-order valence-corrected chi connectivity index (χ3v) is 4.50. The summed E-state index contributed by atoms with van der Waals surface area (Å²) in [6.45, 7) is 1.45. The number of benzene rings is 1. The topological polar surface area (TPSA) is 81.1 Å². The normalized spacial score (nSPS) is 22.2. The van der Waals surface area contributed by atoms with Gasteiger partial charge in [0.15, 0.2) is 6.54 Å². The van der Waals surface area contributed by atoms with Crippen LogP contribution in [0.1, 0.15) is 6.42 Å². The third-order valence-electron chi connectivity index (χ3n) is 4.50. The molecule has 2 atom stereocenters. The summed E-state index contributed by atoms with van der Waals surface area (Å²) in [5.41, 5.74) is 1.81. The predicted molar refractivity (Wildman–Crippen MR) is 88.4 cm³/mol. The van der Waals surface area contributed by atoms with Crippen LogP contribution in [0, 0.1) is 22.7 Å². The Bertz CT molecular complexity index is 831. The van der Waals surface area contributed by atoms with E-state index in [1.165, 1.54) is 0 Å². The van der Waals surface area contributed by atoms with Crippen LogP contribution in [0.4, 0.5) is 17.3 Å². The lowest BCUT2D eigenvalue weighted by Gasteiger charge is -2.16. The first-order valence-corrected chi connectivity index (χ1v) is 7.77. The zero-order chi connectivity index (χ0) is 17.2. The zero-order valence-electron chi connectivity index (χ0n) is 13.8. The molecule has 1 aliphatic heterocycles. The quantitative estimate of drug-likeness (QED) is 0.367. The highest BCUT2D eigenvalue weighted by Gasteiger charge is 2.56. The van der Waals surface area contributed by atoms with Gasteiger partial charge in [-0.15, -0.1) is 0 Å². The van der Waals surface area contributed by atoms with E-state index < -0.39 is 0 Å². The number of hydrogen-bond acceptors (Lipinski definition) is 4. The van der Waals surface area contributed by atoms with Crippen molar-refractivity contribution in [2.24, 2.45) is 24.3 Å². The second-order valence-corrected chi connectivity index (χ2v) is 6.03. The van der Waals surface area contributed by atoms with Crippen molar-refractivity contribution in [1.29, 1.82) is 10.5 Å². The molecule has 1 fully saturated rings. The van der Waals surface area contributed by atoms with Gasteiger partial charge in [0.05, 0.1) is 45.5 Å². The fourth-order valence-electron chi connectivity index (χ4n) is 2.97. The molecule has 0 N–H and O–H groups in total. The SMILES string of the molecule is Cn1cc[n+](C)c1N=Nc1ccc([N+]2(CCC#N)CC2C#N)cc1. The molecule has 1 saturated heterocycles. The average molecular weight is 321 g/mol. The molecule has 0 spiro atoms. The van der Waals surface area contributed by atoms with Gasteiger partial charge in [-0.2, -0.15) is 10.5 Å². The summed E-state index contributed by atoms with van der Waals surface area (Å²) in [7, 11) is 3.84. The van der Waals surface area contributed by atoms with Crippen LogP contribution in [0.2, 0.25) is 0 Å². The first kappa shape index (κ1) is 15.9. The molecule has 1 aromatic carbocycles. The van der Waals surface area contributed by atoms with Gasteiger partial charge in [0.1, 0.15) is 17.4 Å². The molecule has 3 rings (SSSR count). The number of rotatable bonds is 5. The Morgan fingerprint density at radius 1 is 1.29 bits per heavy atom. The fourth-order valence-corrected chi connectivity index (χ4v) is 2.97. The van der Waals surface area contributed by atoms with Gasteiger partial charge in [-0.3, -0.25) is 4.48 Å². The summed E-state index contributed by atoms with van der Waals surface area (Å²) in [5.74, 6) is 0.757. The minimum Gasteiger partial charge on any atom is -0.265 e. The Balaban J connectivity index is 1.79. The van der Waals surface area contributed by atoms with E-state index in [0.717, 1.165) is 23.9 Å². The second kappa shape index (κ2) is 6.23. The van der Waals surface area contributed by atoms with E-state index in [4.69, 9.17) is 5.26 Å². The standard InChI is InChI=1S/C17H19N7/c1-22-9-10-23(2)17(22)21-20-14-4-6-15(7-5-14)24(11-3-8-18)13-16(24)12-19/h4-7,9-10,16H,3,11,13H2,1-2H3/q+2. The van der Waals surface area contributed by atoms with Gasteiger partial charge in [0, 0.05) is 17.2 Å². The predicted octanol–water partition coefficient (Wildman–Crippen LogP) is 2.39. The molecular formula is C17H19N7+2. The van der Waals surface area contributed by atoms with Crippen molar-refractivity contribution in [3.63, 3.8) is 0 Å². The van der Waals surface area contributed by atoms with Gasteiger partial charge in [0.25, 0.3) is 0 Å². The van der Waals surface area contributed by atoms with Crippen LogP contribution < -0.4 is 9.05 Å². The van der Waals surface area contributed by atoms with Crippen LogP contribution in [0.5, 0.6) is 0 Å². The van der Waals surface area contributed by atoms with E-state index in [1.54, 1.807) is 0 Å². The molecule has 2 aromatic rings. The van der Waals surface area contributed by atoms with E-state index in [0.29, 0.717) is 17.4 Å². The zero-order valence-corrected chi connectivity index (χ0v) is 13.8. The third kappa shape index (κ3) is 2.78. The van der Waals surface area contributed by atoms with Crippen LogP contribution in [-0.4, -0.2) is 23.7 Å². The number of nitriles is 2. The second-order valence-electron chi connectivity index (χ2n) is 6.03. The largest absolute Gasteiger partial charge is 0.421 e. The number of aromatic nitrogens is 2. The molecular weight excluding hydrogens is 302 g/mol. The Morgan fingerprint density at radius 3 is 2.58 bits per heavy atom. The maximum absolute atomic E-state index is 9.21. The van der Waals surface area contributed by atoms with Gasteiger partial charge < -0.3 is 0 Å². The summed E-state index contributed by atoms with van der Waals surface area (Å²) in [6, 6.07) is 12.2. The van der Waals surface area contributed by atoms with Gasteiger partial charge in [-0.25, -0.2) is 9.13 Å². The number of nitrogens with zero attached hydrogens (tertiary/aromatic N) is 7. The molecule has 0 amide bonds. The van der Waals surface area contributed by atoms with Crippen LogP contribution in [0.15, 0.2) is 46.9 Å². The van der Waals surface area contributed by atoms with Crippen molar-refractivity contribution in [1.82, 2.24) is 9.05 Å². The molecule has 24 heavy (non-hydrogen) atoms. The lowest BCUT2D eigenvalue weighted by molar-refractivity contribution is -0.657. The highest BCUT2D eigenvalue weighted by molar-refractivity contribution is 5.56. The molecule has 7 heteroatoms. The van der Waals surface area contributed by atoms with Crippen LogP contribution in [-0.2, 0) is 14.1 Å². The van der Waals surface area contributed by atoms with E-state index >= 15 is 0 Å². The lowest BCUT2D eigenvalue weighted by Crippen LogP contribution is -2.30. The minimum absolute atomic E-state index is 0.0479. The van der Waals surface area contributed by atoms with Gasteiger partial charge in [0.2, 0.25) is 6.04 Å². The van der Waals surface area contributed by atoms with Crippen molar-refractivity contribution >= 4 is 17.3 Å². The van der Waals surface area contributed by atoms with E-state index in [2.05, 4.69) is 22.4 Å². The lowest BCUT2D eigenvalue weighted by atomic mass is 10.2. The molecule has 2 heterocycles. The summed E-state index contributed by atoms with van der Waals surface area (Å²) in [5, 5.41) is 26.6. The summed E-state index contributed by atoms with van der Waals surface area (Å²) < 4.78 is 4.37. The molecule has 0 aliphatic carbocycles. The van der Waals surface area contributed by atoms with Crippen molar-refractivity contribution < 1.29 is 4.57 Å².